The van der Waals surface area contributed by atoms with Gasteiger partial charge >= 0.3 is 0 Å². The summed E-state index contributed by atoms with van der Waals surface area (Å²) in [7, 11) is 0. The molecule has 1 heterocycles. The van der Waals surface area contributed by atoms with Crippen LogP contribution >= 0.6 is 0 Å². The number of aromatic nitrogens is 1. The first-order valence-corrected chi connectivity index (χ1v) is 5.82. The molecule has 0 bridgehead atoms. The number of aliphatic hydroxyl groups excluding tert-OH is 1. The molecule has 0 fully saturated rings. The molecule has 0 aliphatic carbocycles. The lowest BCUT2D eigenvalue weighted by Crippen LogP contribution is -2.12. The normalized spacial score (nSPS) is 9.50. The summed E-state index contributed by atoms with van der Waals surface area (Å²) in [5.74, 6) is 4.77. The third kappa shape index (κ3) is 3.64. The third-order valence-corrected chi connectivity index (χ3v) is 2.42. The van der Waals surface area contributed by atoms with E-state index in [0.29, 0.717) is 16.9 Å². The lowest BCUT2D eigenvalue weighted by Gasteiger charge is -2.04. The second kappa shape index (κ2) is 6.45. The maximum atomic E-state index is 12.8. The summed E-state index contributed by atoms with van der Waals surface area (Å²) in [6.07, 6.45) is 1.50. The molecule has 1 amide bonds. The standard InChI is InChI=1S/C15H11FN2O2/c16-13-5-3-12(4-6-13)15(20)18-14-10-11(2-1-9-19)7-8-17-14/h3-8,10,19H,9H2,(H,17,18,20). The average molecular weight is 270 g/mol. The number of anilines is 1. The topological polar surface area (TPSA) is 62.2 Å². The van der Waals surface area contributed by atoms with Gasteiger partial charge in [-0.25, -0.2) is 9.37 Å². The minimum absolute atomic E-state index is 0.237. The molecule has 4 nitrogen and oxygen atoms in total. The highest BCUT2D eigenvalue weighted by atomic mass is 19.1. The smallest absolute Gasteiger partial charge is 0.256 e. The summed E-state index contributed by atoms with van der Waals surface area (Å²) in [4.78, 5) is 15.9. The fourth-order valence-electron chi connectivity index (χ4n) is 1.51. The first-order chi connectivity index (χ1) is 9.69. The van der Waals surface area contributed by atoms with Crippen LogP contribution in [0, 0.1) is 17.7 Å². The van der Waals surface area contributed by atoms with Crippen molar-refractivity contribution in [2.75, 3.05) is 11.9 Å². The molecule has 1 aromatic heterocycles. The largest absolute Gasteiger partial charge is 0.384 e. The van der Waals surface area contributed by atoms with Crippen LogP contribution in [-0.2, 0) is 0 Å². The molecule has 1 aromatic carbocycles. The van der Waals surface area contributed by atoms with Crippen molar-refractivity contribution in [1.29, 1.82) is 0 Å². The fourth-order valence-corrected chi connectivity index (χ4v) is 1.51. The Labute approximate surface area is 115 Å². The van der Waals surface area contributed by atoms with Crippen LogP contribution in [0.25, 0.3) is 0 Å². The highest BCUT2D eigenvalue weighted by Gasteiger charge is 2.06. The van der Waals surface area contributed by atoms with Gasteiger partial charge in [-0.1, -0.05) is 11.8 Å². The van der Waals surface area contributed by atoms with Crippen LogP contribution in [0.1, 0.15) is 15.9 Å². The van der Waals surface area contributed by atoms with Gasteiger partial charge in [0, 0.05) is 17.3 Å². The van der Waals surface area contributed by atoms with Crippen molar-refractivity contribution in [2.45, 2.75) is 0 Å². The predicted octanol–water partition coefficient (Wildman–Crippen LogP) is 1.82. The number of hydrogen-bond donors (Lipinski definition) is 2. The second-order valence-corrected chi connectivity index (χ2v) is 3.85. The van der Waals surface area contributed by atoms with Crippen LogP contribution < -0.4 is 5.32 Å². The van der Waals surface area contributed by atoms with Gasteiger partial charge in [0.1, 0.15) is 18.2 Å². The molecule has 5 heteroatoms. The van der Waals surface area contributed by atoms with Gasteiger partial charge in [0.15, 0.2) is 0 Å². The SMILES string of the molecule is O=C(Nc1cc(C#CCO)ccn1)c1ccc(F)cc1. The van der Waals surface area contributed by atoms with Gasteiger partial charge < -0.3 is 10.4 Å². The van der Waals surface area contributed by atoms with Crippen molar-refractivity contribution in [3.05, 3.63) is 59.5 Å². The number of amides is 1. The minimum atomic E-state index is -0.402. The van der Waals surface area contributed by atoms with Crippen molar-refractivity contribution in [3.8, 4) is 11.8 Å². The van der Waals surface area contributed by atoms with Crippen molar-refractivity contribution in [3.63, 3.8) is 0 Å². The van der Waals surface area contributed by atoms with E-state index in [9.17, 15) is 9.18 Å². The molecule has 0 radical (unpaired) electrons. The maximum absolute atomic E-state index is 12.8. The third-order valence-electron chi connectivity index (χ3n) is 2.42. The molecule has 0 spiro atoms. The molecule has 0 atom stereocenters. The van der Waals surface area contributed by atoms with Gasteiger partial charge in [-0.3, -0.25) is 4.79 Å². The molecule has 0 aliphatic rings. The summed E-state index contributed by atoms with van der Waals surface area (Å²) in [6.45, 7) is -0.237. The molecule has 2 rings (SSSR count). The van der Waals surface area contributed by atoms with Crippen molar-refractivity contribution < 1.29 is 14.3 Å². The van der Waals surface area contributed by atoms with Gasteiger partial charge in [-0.2, -0.15) is 0 Å². The number of nitrogens with one attached hydrogen (secondary N) is 1. The predicted molar refractivity (Wildman–Crippen MR) is 72.6 cm³/mol. The zero-order chi connectivity index (χ0) is 14.4. The monoisotopic (exact) mass is 270 g/mol. The Balaban J connectivity index is 2.13. The lowest BCUT2D eigenvalue weighted by molar-refractivity contribution is 0.102. The van der Waals surface area contributed by atoms with Gasteiger partial charge in [-0.15, -0.1) is 0 Å². The number of nitrogens with zero attached hydrogens (tertiary/aromatic N) is 1. The summed E-state index contributed by atoms with van der Waals surface area (Å²) >= 11 is 0. The maximum Gasteiger partial charge on any atom is 0.256 e. The van der Waals surface area contributed by atoms with Crippen LogP contribution in [0.5, 0.6) is 0 Å². The number of hydrogen-bond acceptors (Lipinski definition) is 3. The van der Waals surface area contributed by atoms with E-state index in [1.165, 1.54) is 30.5 Å². The Kier molecular flexibility index (Phi) is 4.43. The number of carbonyl (C=O) groups is 1. The van der Waals surface area contributed by atoms with Gasteiger partial charge in [0.05, 0.1) is 0 Å². The highest BCUT2D eigenvalue weighted by molar-refractivity contribution is 6.03. The first-order valence-electron chi connectivity index (χ1n) is 5.82. The number of aliphatic hydroxyl groups is 1. The van der Waals surface area contributed by atoms with Gasteiger partial charge in [0.2, 0.25) is 0 Å². The molecule has 2 N–H and O–H groups in total. The number of halogens is 1. The van der Waals surface area contributed by atoms with E-state index in [1.807, 2.05) is 0 Å². The van der Waals surface area contributed by atoms with Crippen LogP contribution in [0.2, 0.25) is 0 Å². The zero-order valence-electron chi connectivity index (χ0n) is 10.4. The molecule has 0 saturated carbocycles. The van der Waals surface area contributed by atoms with E-state index in [1.54, 1.807) is 12.1 Å². The molecule has 2 aromatic rings. The van der Waals surface area contributed by atoms with Crippen molar-refractivity contribution >= 4 is 11.7 Å². The van der Waals surface area contributed by atoms with E-state index in [4.69, 9.17) is 5.11 Å². The minimum Gasteiger partial charge on any atom is -0.384 e. The Morgan fingerprint density at radius 2 is 2.05 bits per heavy atom. The summed E-state index contributed by atoms with van der Waals surface area (Å²) in [5.41, 5.74) is 0.962. The first kappa shape index (κ1) is 13.7. The molecule has 0 unspecified atom stereocenters. The number of carbonyl (C=O) groups excluding carboxylic acids is 1. The lowest BCUT2D eigenvalue weighted by atomic mass is 10.2. The Morgan fingerprint density at radius 1 is 1.30 bits per heavy atom. The summed E-state index contributed by atoms with van der Waals surface area (Å²) in [6, 6.07) is 8.46. The number of benzene rings is 1. The zero-order valence-corrected chi connectivity index (χ0v) is 10.4. The summed E-state index contributed by atoms with van der Waals surface area (Å²) < 4.78 is 12.8. The van der Waals surface area contributed by atoms with E-state index >= 15 is 0 Å². The molecule has 100 valence electrons. The van der Waals surface area contributed by atoms with Crippen LogP contribution in [0.15, 0.2) is 42.6 Å². The van der Waals surface area contributed by atoms with E-state index in [0.717, 1.165) is 0 Å². The molecule has 0 aliphatic heterocycles. The molecule has 20 heavy (non-hydrogen) atoms. The highest BCUT2D eigenvalue weighted by Crippen LogP contribution is 2.09. The van der Waals surface area contributed by atoms with E-state index in [2.05, 4.69) is 22.1 Å². The van der Waals surface area contributed by atoms with Gasteiger partial charge in [0.25, 0.3) is 5.91 Å². The molecular weight excluding hydrogens is 259 g/mol. The van der Waals surface area contributed by atoms with E-state index in [-0.39, 0.29) is 12.5 Å². The molecular formula is C15H11FN2O2. The van der Waals surface area contributed by atoms with Crippen LogP contribution in [0.3, 0.4) is 0 Å². The van der Waals surface area contributed by atoms with Gasteiger partial charge in [-0.05, 0) is 36.4 Å². The fraction of sp³-hybridized carbons (Fsp3) is 0.0667. The van der Waals surface area contributed by atoms with E-state index < -0.39 is 5.82 Å². The second-order valence-electron chi connectivity index (χ2n) is 3.85. The summed E-state index contributed by atoms with van der Waals surface area (Å²) in [5, 5.41) is 11.2. The number of pyridine rings is 1. The van der Waals surface area contributed by atoms with Crippen LogP contribution in [0.4, 0.5) is 10.2 Å². The number of rotatable bonds is 2. The Hall–Kier alpha value is -2.71. The Bertz CT molecular complexity index is 672. The van der Waals surface area contributed by atoms with Crippen molar-refractivity contribution in [1.82, 2.24) is 4.98 Å². The quantitative estimate of drug-likeness (QED) is 0.818. The van der Waals surface area contributed by atoms with Crippen molar-refractivity contribution in [2.24, 2.45) is 0 Å². The Morgan fingerprint density at radius 3 is 2.75 bits per heavy atom. The average Bonchev–Trinajstić information content (AvgIpc) is 2.46. The molecule has 0 saturated heterocycles. The van der Waals surface area contributed by atoms with Crippen LogP contribution in [-0.4, -0.2) is 22.6 Å².